The Hall–Kier alpha value is -1.77. The van der Waals surface area contributed by atoms with Crippen LogP contribution in [0.25, 0.3) is 5.70 Å². The molecule has 1 heterocycles. The highest BCUT2D eigenvalue weighted by atomic mass is 15.5. The molecule has 1 aliphatic rings. The fourth-order valence-electron chi connectivity index (χ4n) is 1.29. The minimum atomic E-state index is 0.964. The number of hydrogen-bond acceptors (Lipinski definition) is 3. The molecule has 0 spiro atoms. The van der Waals surface area contributed by atoms with Crippen molar-refractivity contribution in [3.8, 4) is 0 Å². The van der Waals surface area contributed by atoms with Gasteiger partial charge in [0.25, 0.3) is 0 Å². The molecule has 1 N–H and O–H groups in total. The third kappa shape index (κ3) is 1.62. The molecule has 0 bridgehead atoms. The number of nitrogens with zero attached hydrogens (tertiary/aromatic N) is 2. The first-order valence-corrected chi connectivity index (χ1v) is 4.58. The monoisotopic (exact) mass is 187 g/mol. The van der Waals surface area contributed by atoms with E-state index in [1.165, 1.54) is 0 Å². The van der Waals surface area contributed by atoms with E-state index >= 15 is 0 Å². The molecule has 0 radical (unpaired) electrons. The summed E-state index contributed by atoms with van der Waals surface area (Å²) in [4.78, 5) is 4.47. The summed E-state index contributed by atoms with van der Waals surface area (Å²) in [5.74, 6) is 0.964. The minimum Gasteiger partial charge on any atom is -0.303 e. The van der Waals surface area contributed by atoms with E-state index in [9.17, 15) is 0 Å². The van der Waals surface area contributed by atoms with Gasteiger partial charge in [-0.1, -0.05) is 30.3 Å². The van der Waals surface area contributed by atoms with Gasteiger partial charge in [0.2, 0.25) is 0 Å². The number of amidine groups is 1. The van der Waals surface area contributed by atoms with Gasteiger partial charge in [-0.15, -0.1) is 0 Å². The van der Waals surface area contributed by atoms with Gasteiger partial charge in [-0.25, -0.2) is 4.99 Å². The third-order valence-electron chi connectivity index (χ3n) is 2.23. The van der Waals surface area contributed by atoms with Crippen LogP contribution in [0.15, 0.2) is 41.5 Å². The molecular weight excluding hydrogens is 174 g/mol. The first-order valence-electron chi connectivity index (χ1n) is 4.58. The molecule has 0 amide bonds. The van der Waals surface area contributed by atoms with Crippen LogP contribution >= 0.6 is 0 Å². The molecule has 0 unspecified atom stereocenters. The number of benzene rings is 1. The lowest BCUT2D eigenvalue weighted by Crippen LogP contribution is -2.36. The van der Waals surface area contributed by atoms with E-state index in [-0.39, 0.29) is 0 Å². The zero-order valence-corrected chi connectivity index (χ0v) is 8.36. The van der Waals surface area contributed by atoms with Crippen molar-refractivity contribution in [3.63, 3.8) is 0 Å². The van der Waals surface area contributed by atoms with E-state index in [1.54, 1.807) is 0 Å². The number of rotatable bonds is 1. The number of nitrogens with one attached hydrogen (secondary N) is 1. The van der Waals surface area contributed by atoms with Crippen LogP contribution in [0.2, 0.25) is 0 Å². The first-order chi connectivity index (χ1) is 6.77. The van der Waals surface area contributed by atoms with Crippen LogP contribution in [-0.2, 0) is 0 Å². The van der Waals surface area contributed by atoms with Crippen molar-refractivity contribution in [3.05, 3.63) is 42.1 Å². The molecule has 3 heteroatoms. The lowest BCUT2D eigenvalue weighted by molar-refractivity contribution is 0.426. The van der Waals surface area contributed by atoms with Gasteiger partial charge in [-0.05, 0) is 6.92 Å². The number of hydrogen-bond donors (Lipinski definition) is 1. The molecule has 0 fully saturated rings. The quantitative estimate of drug-likeness (QED) is 0.726. The Labute approximate surface area is 83.7 Å². The van der Waals surface area contributed by atoms with Gasteiger partial charge in [0.05, 0.1) is 5.70 Å². The smallest absolute Gasteiger partial charge is 0.120 e. The first kappa shape index (κ1) is 8.81. The third-order valence-corrected chi connectivity index (χ3v) is 2.23. The summed E-state index contributed by atoms with van der Waals surface area (Å²) in [6, 6.07) is 10.1. The predicted molar refractivity (Wildman–Crippen MR) is 58.4 cm³/mol. The second-order valence-electron chi connectivity index (χ2n) is 3.24. The van der Waals surface area contributed by atoms with Crippen LogP contribution in [-0.4, -0.2) is 17.9 Å². The highest BCUT2D eigenvalue weighted by Crippen LogP contribution is 2.17. The molecule has 0 aliphatic carbocycles. The van der Waals surface area contributed by atoms with E-state index in [4.69, 9.17) is 0 Å². The van der Waals surface area contributed by atoms with Crippen LogP contribution in [0, 0.1) is 0 Å². The van der Waals surface area contributed by atoms with Gasteiger partial charge < -0.3 is 5.43 Å². The predicted octanol–water partition coefficient (Wildman–Crippen LogP) is 1.85. The second-order valence-corrected chi connectivity index (χ2v) is 3.24. The lowest BCUT2D eigenvalue weighted by atomic mass is 10.2. The summed E-state index contributed by atoms with van der Waals surface area (Å²) < 4.78 is 0. The van der Waals surface area contributed by atoms with Gasteiger partial charge in [0.1, 0.15) is 5.84 Å². The van der Waals surface area contributed by atoms with Crippen molar-refractivity contribution in [1.29, 1.82) is 0 Å². The van der Waals surface area contributed by atoms with Crippen molar-refractivity contribution in [2.45, 2.75) is 6.92 Å². The van der Waals surface area contributed by atoms with E-state index < -0.39 is 0 Å². The van der Waals surface area contributed by atoms with E-state index in [1.807, 2.05) is 43.4 Å². The minimum absolute atomic E-state index is 0.964. The van der Waals surface area contributed by atoms with Crippen molar-refractivity contribution in [2.24, 2.45) is 4.99 Å². The molecule has 0 aromatic heterocycles. The van der Waals surface area contributed by atoms with Crippen molar-refractivity contribution >= 4 is 11.5 Å². The van der Waals surface area contributed by atoms with E-state index in [0.717, 1.165) is 17.1 Å². The zero-order valence-electron chi connectivity index (χ0n) is 8.36. The summed E-state index contributed by atoms with van der Waals surface area (Å²) in [6.07, 6.45) is 1.91. The normalized spacial score (nSPS) is 15.7. The maximum Gasteiger partial charge on any atom is 0.120 e. The van der Waals surface area contributed by atoms with Gasteiger partial charge in [-0.2, -0.15) is 0 Å². The molecule has 2 rings (SSSR count). The summed E-state index contributed by atoms with van der Waals surface area (Å²) in [6.45, 7) is 1.98. The van der Waals surface area contributed by atoms with Gasteiger partial charge in [0.15, 0.2) is 0 Å². The summed E-state index contributed by atoms with van der Waals surface area (Å²) >= 11 is 0. The van der Waals surface area contributed by atoms with Gasteiger partial charge >= 0.3 is 0 Å². The summed E-state index contributed by atoms with van der Waals surface area (Å²) in [7, 11) is 1.94. The SMILES string of the molecule is CC1=NC(c2ccccc2)=CNN1C. The molecule has 14 heavy (non-hydrogen) atoms. The van der Waals surface area contributed by atoms with Crippen LogP contribution in [0.4, 0.5) is 0 Å². The Kier molecular flexibility index (Phi) is 2.23. The Morgan fingerprint density at radius 3 is 2.57 bits per heavy atom. The Bertz CT molecular complexity index is 379. The fourth-order valence-corrected chi connectivity index (χ4v) is 1.29. The average molecular weight is 187 g/mol. The van der Waals surface area contributed by atoms with Crippen LogP contribution in [0.1, 0.15) is 12.5 Å². The summed E-state index contributed by atoms with van der Waals surface area (Å²) in [5.41, 5.74) is 5.23. The lowest BCUT2D eigenvalue weighted by Gasteiger charge is -2.23. The largest absolute Gasteiger partial charge is 0.303 e. The molecule has 1 aromatic carbocycles. The fraction of sp³-hybridized carbons (Fsp3) is 0.182. The van der Waals surface area contributed by atoms with E-state index in [2.05, 4.69) is 22.6 Å². The molecule has 3 nitrogen and oxygen atoms in total. The van der Waals surface area contributed by atoms with Gasteiger partial charge in [-0.3, -0.25) is 5.01 Å². The van der Waals surface area contributed by atoms with Gasteiger partial charge in [0, 0.05) is 18.8 Å². The van der Waals surface area contributed by atoms with Crippen molar-refractivity contribution in [1.82, 2.24) is 10.4 Å². The highest BCUT2D eigenvalue weighted by molar-refractivity contribution is 5.87. The zero-order chi connectivity index (χ0) is 9.97. The highest BCUT2D eigenvalue weighted by Gasteiger charge is 2.07. The maximum atomic E-state index is 4.47. The molecule has 72 valence electrons. The average Bonchev–Trinajstić information content (AvgIpc) is 2.23. The molecule has 0 saturated carbocycles. The molecular formula is C11H13N3. The number of hydrazine groups is 1. The standard InChI is InChI=1S/C11H13N3/c1-9-13-11(8-12-14(9)2)10-6-4-3-5-7-10/h3-8,12H,1-2H3. The molecule has 1 aromatic rings. The van der Waals surface area contributed by atoms with E-state index in [0.29, 0.717) is 0 Å². The molecule has 1 aliphatic heterocycles. The molecule has 0 saturated heterocycles. The van der Waals surface area contributed by atoms with Crippen LogP contribution in [0.5, 0.6) is 0 Å². The number of aliphatic imine (C=N–C) groups is 1. The second kappa shape index (κ2) is 3.54. The Morgan fingerprint density at radius 1 is 1.21 bits per heavy atom. The Morgan fingerprint density at radius 2 is 1.93 bits per heavy atom. The topological polar surface area (TPSA) is 27.6 Å². The molecule has 0 atom stereocenters. The van der Waals surface area contributed by atoms with Crippen molar-refractivity contribution in [2.75, 3.05) is 7.05 Å². The maximum absolute atomic E-state index is 4.47. The Balaban J connectivity index is 2.31. The van der Waals surface area contributed by atoms with Crippen LogP contribution < -0.4 is 5.43 Å². The van der Waals surface area contributed by atoms with Crippen molar-refractivity contribution < 1.29 is 0 Å². The summed E-state index contributed by atoms with van der Waals surface area (Å²) in [5, 5.41) is 1.88. The van der Waals surface area contributed by atoms with Crippen LogP contribution in [0.3, 0.4) is 0 Å².